The number of nitroso groups, excluding NO2 is 1. The van der Waals surface area contributed by atoms with E-state index in [0.29, 0.717) is 6.42 Å². The van der Waals surface area contributed by atoms with Crippen molar-refractivity contribution in [1.82, 2.24) is 0 Å². The highest BCUT2D eigenvalue weighted by Gasteiger charge is 1.97. The van der Waals surface area contributed by atoms with Crippen LogP contribution in [0.5, 0.6) is 0 Å². The van der Waals surface area contributed by atoms with Gasteiger partial charge in [0.25, 0.3) is 0 Å². The minimum Gasteiger partial charge on any atom is -0.481 e. The van der Waals surface area contributed by atoms with Gasteiger partial charge in [0.1, 0.15) is 0 Å². The predicted octanol–water partition coefficient (Wildman–Crippen LogP) is 7.52. The van der Waals surface area contributed by atoms with E-state index in [9.17, 15) is 4.79 Å². The van der Waals surface area contributed by atoms with Gasteiger partial charge in [-0.25, -0.2) is 0 Å². The highest BCUT2D eigenvalue weighted by molar-refractivity contribution is 5.66. The Morgan fingerprint density at radius 3 is 1.03 bits per heavy atom. The molecule has 0 atom stereocenters. The van der Waals surface area contributed by atoms with Crippen molar-refractivity contribution in [3.8, 4) is 0 Å². The highest BCUT2D eigenvalue weighted by Crippen LogP contribution is 2.14. The van der Waals surface area contributed by atoms with Gasteiger partial charge in [-0.2, -0.15) is 0 Å². The maximum absolute atomic E-state index is 10.4. The molecule has 0 saturated heterocycles. The molecule has 0 radical (unpaired) electrons. The third kappa shape index (κ3) is 45.5. The van der Waals surface area contributed by atoms with E-state index in [4.69, 9.17) is 15.1 Å². The molecule has 6 heteroatoms. The zero-order valence-corrected chi connectivity index (χ0v) is 20.1. The second-order valence-corrected chi connectivity index (χ2v) is 7.93. The predicted molar refractivity (Wildman–Crippen MR) is 128 cm³/mol. The average Bonchev–Trinajstić information content (AvgIpc) is 2.71. The van der Waals surface area contributed by atoms with E-state index in [1.807, 2.05) is 0 Å². The molecule has 0 amide bonds. The molecule has 0 bridgehead atoms. The van der Waals surface area contributed by atoms with E-state index in [1.54, 1.807) is 12.2 Å². The van der Waals surface area contributed by atoms with E-state index >= 15 is 0 Å². The first-order chi connectivity index (χ1) is 14.6. The molecule has 0 rings (SSSR count). The first kappa shape index (κ1) is 33.5. The molecular formula is C24H52N2O4. The summed E-state index contributed by atoms with van der Waals surface area (Å²) in [6.07, 6.45) is 26.1. The van der Waals surface area contributed by atoms with Crippen LogP contribution in [0, 0.1) is 4.91 Å². The molecule has 0 heterocycles. The molecule has 4 N–H and O–H groups in total. The fourth-order valence-electron chi connectivity index (χ4n) is 3.35. The Hall–Kier alpha value is -1.17. The van der Waals surface area contributed by atoms with Crippen molar-refractivity contribution in [2.75, 3.05) is 6.61 Å². The van der Waals surface area contributed by atoms with Gasteiger partial charge < -0.3 is 10.2 Å². The van der Waals surface area contributed by atoms with Gasteiger partial charge in [0, 0.05) is 18.3 Å². The van der Waals surface area contributed by atoms with Crippen LogP contribution in [0.4, 0.5) is 0 Å². The molecule has 182 valence electrons. The van der Waals surface area contributed by atoms with Crippen molar-refractivity contribution >= 4 is 5.97 Å². The molecule has 0 aromatic carbocycles. The van der Waals surface area contributed by atoms with E-state index in [1.165, 1.54) is 109 Å². The van der Waals surface area contributed by atoms with Crippen LogP contribution >= 0.6 is 0 Å². The van der Waals surface area contributed by atoms with Crippen molar-refractivity contribution in [3.05, 3.63) is 4.91 Å². The molecule has 6 nitrogen and oxygen atoms in total. The van der Waals surface area contributed by atoms with E-state index in [-0.39, 0.29) is 6.61 Å². The van der Waals surface area contributed by atoms with Gasteiger partial charge in [0.05, 0.1) is 0 Å². The van der Waals surface area contributed by atoms with Crippen LogP contribution in [-0.2, 0) is 4.79 Å². The maximum Gasteiger partial charge on any atom is 0.303 e. The number of carboxylic acid groups (broad SMARTS) is 1. The van der Waals surface area contributed by atoms with Gasteiger partial charge >= 0.3 is 5.97 Å². The minimum atomic E-state index is -0.651. The third-order valence-electron chi connectivity index (χ3n) is 4.99. The Bertz CT molecular complexity index is 316. The third-order valence-corrected chi connectivity index (χ3v) is 4.99. The summed E-state index contributed by atoms with van der Waals surface area (Å²) < 4.78 is 0. The van der Waals surface area contributed by atoms with Crippen molar-refractivity contribution in [2.45, 2.75) is 142 Å². The Kier molecular flexibility index (Phi) is 39.4. The average molecular weight is 433 g/mol. The number of hydrogen-bond acceptors (Lipinski definition) is 4. The second-order valence-electron chi connectivity index (χ2n) is 7.93. The standard InChI is InChI=1S/C22H44O2.C2H6O.H2N2O/c1-2-3-4-5-6-7-8-9-10-11-12-13-14-15-16-17-18-19-20-21-22(23)24;2*1-2-3/h2-21H2,1H3,(H,23,24);3H,2H2,1H3;(H2,1,3). The first-order valence-electron chi connectivity index (χ1n) is 12.5. The van der Waals surface area contributed by atoms with Gasteiger partial charge in [-0.1, -0.05) is 122 Å². The summed E-state index contributed by atoms with van der Waals surface area (Å²) in [5.74, 6) is 3.27. The summed E-state index contributed by atoms with van der Waals surface area (Å²) in [5, 5.41) is 17.9. The molecule has 0 aliphatic heterocycles. The lowest BCUT2D eigenvalue weighted by molar-refractivity contribution is -0.137. The van der Waals surface area contributed by atoms with Crippen molar-refractivity contribution in [2.24, 2.45) is 11.1 Å². The molecule has 0 fully saturated rings. The topological polar surface area (TPSA) is 113 Å². The number of hydrogen-bond donors (Lipinski definition) is 3. The number of carbonyl (C=O) groups is 1. The molecule has 0 aromatic heterocycles. The van der Waals surface area contributed by atoms with Gasteiger partial charge in [-0.05, 0) is 13.3 Å². The van der Waals surface area contributed by atoms with Crippen LogP contribution < -0.4 is 5.84 Å². The Balaban J connectivity index is -0.00000107. The number of aliphatic carboxylic acids is 1. The number of aliphatic hydroxyl groups excluding tert-OH is 1. The number of aliphatic hydroxyl groups is 1. The van der Waals surface area contributed by atoms with Gasteiger partial charge in [0.2, 0.25) is 0 Å². The zero-order valence-electron chi connectivity index (χ0n) is 20.1. The van der Waals surface area contributed by atoms with Crippen molar-refractivity contribution < 1.29 is 15.0 Å². The number of nitrogens with two attached hydrogens (primary N) is 1. The zero-order chi connectivity index (χ0) is 23.1. The molecule has 0 aliphatic rings. The lowest BCUT2D eigenvalue weighted by atomic mass is 10.0. The van der Waals surface area contributed by atoms with Crippen LogP contribution in [0.2, 0.25) is 0 Å². The van der Waals surface area contributed by atoms with Gasteiger partial charge in [-0.15, -0.1) is 4.91 Å². The summed E-state index contributed by atoms with van der Waals surface area (Å²) in [5.41, 5.74) is 0. The largest absolute Gasteiger partial charge is 0.481 e. The van der Waals surface area contributed by atoms with Gasteiger partial charge in [0.15, 0.2) is 0 Å². The van der Waals surface area contributed by atoms with Crippen LogP contribution in [0.25, 0.3) is 0 Å². The van der Waals surface area contributed by atoms with E-state index in [0.717, 1.165) is 12.8 Å². The Labute approximate surface area is 186 Å². The number of rotatable bonds is 20. The normalized spacial score (nSPS) is 9.83. The molecule has 0 aliphatic carbocycles. The number of nitrogens with zero attached hydrogens (tertiary/aromatic N) is 1. The SMILES string of the molecule is CCCCCCCCCCCCCCCCCCCCCC(=O)O.CCO.NN=O. The maximum atomic E-state index is 10.4. The highest BCUT2D eigenvalue weighted by atomic mass is 16.4. The smallest absolute Gasteiger partial charge is 0.303 e. The van der Waals surface area contributed by atoms with Crippen LogP contribution in [0.15, 0.2) is 5.29 Å². The summed E-state index contributed by atoms with van der Waals surface area (Å²) in [6, 6.07) is 0. The molecule has 0 aromatic rings. The summed E-state index contributed by atoms with van der Waals surface area (Å²) in [7, 11) is 0. The molecule has 0 unspecified atom stereocenters. The van der Waals surface area contributed by atoms with Crippen LogP contribution in [-0.4, -0.2) is 22.8 Å². The number of carboxylic acids is 1. The number of unbranched alkanes of at least 4 members (excludes halogenated alkanes) is 18. The fraction of sp³-hybridized carbons (Fsp3) is 0.958. The summed E-state index contributed by atoms with van der Waals surface area (Å²) in [6.45, 7) is 4.21. The lowest BCUT2D eigenvalue weighted by Gasteiger charge is -2.03. The van der Waals surface area contributed by atoms with Crippen LogP contribution in [0.1, 0.15) is 142 Å². The molecule has 0 saturated carbocycles. The minimum absolute atomic E-state index is 0.250. The summed E-state index contributed by atoms with van der Waals surface area (Å²) in [4.78, 5) is 18.7. The van der Waals surface area contributed by atoms with Gasteiger partial charge in [-0.3, -0.25) is 10.6 Å². The fourth-order valence-corrected chi connectivity index (χ4v) is 3.35. The van der Waals surface area contributed by atoms with E-state index in [2.05, 4.69) is 12.8 Å². The second kappa shape index (κ2) is 35.3. The van der Waals surface area contributed by atoms with Crippen molar-refractivity contribution in [3.63, 3.8) is 0 Å². The lowest BCUT2D eigenvalue weighted by Crippen LogP contribution is -1.93. The van der Waals surface area contributed by atoms with Crippen LogP contribution in [0.3, 0.4) is 0 Å². The van der Waals surface area contributed by atoms with Crippen molar-refractivity contribution in [1.29, 1.82) is 0 Å². The molecule has 0 spiro atoms. The summed E-state index contributed by atoms with van der Waals surface area (Å²) >= 11 is 0. The molecular weight excluding hydrogens is 380 g/mol. The quantitative estimate of drug-likeness (QED) is 0.0796. The van der Waals surface area contributed by atoms with E-state index < -0.39 is 5.97 Å². The molecule has 30 heavy (non-hydrogen) atoms. The monoisotopic (exact) mass is 432 g/mol. The Morgan fingerprint density at radius 2 is 0.833 bits per heavy atom. The first-order valence-corrected chi connectivity index (χ1v) is 12.5. The Morgan fingerprint density at radius 1 is 0.633 bits per heavy atom.